The Morgan fingerprint density at radius 2 is 1.73 bits per heavy atom. The van der Waals surface area contributed by atoms with Crippen molar-refractivity contribution in [2.75, 3.05) is 0 Å². The maximum absolute atomic E-state index is 6.30. The molecule has 1 saturated heterocycles. The first kappa shape index (κ1) is 11.8. The SMILES string of the molecule is [B]C1([B])C(C(C)C)C(CC)C2([B])[B]C12[B]. The number of fused-ring (bicyclic) bond motifs is 1. The first-order chi connectivity index (χ1) is 6.72. The predicted octanol–water partition coefficient (Wildman–Crippen LogP) is 1.04. The van der Waals surface area contributed by atoms with Gasteiger partial charge in [-0.25, -0.2) is 0 Å². The van der Waals surface area contributed by atoms with Crippen molar-refractivity contribution >= 4 is 38.7 Å². The molecule has 2 aliphatic rings. The molecule has 1 saturated carbocycles. The zero-order valence-electron chi connectivity index (χ0n) is 9.83. The first-order valence-corrected chi connectivity index (χ1v) is 5.75. The Bertz CT molecular complexity index is 290. The third-order valence-corrected chi connectivity index (χ3v) is 4.57. The second kappa shape index (κ2) is 2.96. The average Bonchev–Trinajstić information content (AvgIpc) is 2.62. The van der Waals surface area contributed by atoms with E-state index in [1.54, 1.807) is 0 Å². The van der Waals surface area contributed by atoms with E-state index in [1.165, 1.54) is 0 Å². The molecule has 0 amide bonds. The number of rotatable bonds is 2. The monoisotopic (exact) mass is 189 g/mol. The molecular formula is C10H14B5. The molecule has 1 aliphatic carbocycles. The maximum Gasteiger partial charge on any atom is 0.101 e. The topological polar surface area (TPSA) is 0 Å². The Hall–Kier alpha value is 0.325. The Balaban J connectivity index is 2.42. The first-order valence-electron chi connectivity index (χ1n) is 5.75. The van der Waals surface area contributed by atoms with Gasteiger partial charge >= 0.3 is 0 Å². The van der Waals surface area contributed by atoms with Crippen LogP contribution in [0.15, 0.2) is 0 Å². The molecule has 0 aromatic carbocycles. The summed E-state index contributed by atoms with van der Waals surface area (Å²) >= 11 is 0. The van der Waals surface area contributed by atoms with Crippen LogP contribution in [0.4, 0.5) is 0 Å². The molecule has 2 fully saturated rings. The summed E-state index contributed by atoms with van der Waals surface area (Å²) in [4.78, 5) is 0. The standard InChI is InChI=1S/C10H14B5/c1-4-6-7(5(2)3)8(11,12)10(14)9(6,13)15-10/h5-7H,4H2,1-3H3. The summed E-state index contributed by atoms with van der Waals surface area (Å²) in [6.45, 7) is 6.40. The second-order valence-electron chi connectivity index (χ2n) is 5.66. The van der Waals surface area contributed by atoms with Crippen molar-refractivity contribution < 1.29 is 0 Å². The van der Waals surface area contributed by atoms with Crippen LogP contribution in [0.5, 0.6) is 0 Å². The smallest absolute Gasteiger partial charge is 0.101 e. The Labute approximate surface area is 99.6 Å². The molecule has 0 spiro atoms. The van der Waals surface area contributed by atoms with Gasteiger partial charge in [0.1, 0.15) is 7.28 Å². The average molecular weight is 188 g/mol. The molecule has 9 radical (unpaired) electrons. The number of hydrogen-bond acceptors (Lipinski definition) is 0. The van der Waals surface area contributed by atoms with Crippen molar-refractivity contribution in [3.63, 3.8) is 0 Å². The molecule has 0 bridgehead atoms. The minimum absolute atomic E-state index is 0.197. The summed E-state index contributed by atoms with van der Waals surface area (Å²) in [5.74, 6) is 0.909. The quantitative estimate of drug-likeness (QED) is 0.568. The van der Waals surface area contributed by atoms with E-state index in [0.717, 1.165) is 6.42 Å². The maximum atomic E-state index is 6.30. The van der Waals surface area contributed by atoms with Gasteiger partial charge in [0.2, 0.25) is 0 Å². The minimum Gasteiger partial charge on any atom is -0.109 e. The highest BCUT2D eigenvalue weighted by Gasteiger charge is 2.76. The summed E-state index contributed by atoms with van der Waals surface area (Å²) in [7, 11) is 26.9. The molecule has 0 aromatic rings. The lowest BCUT2D eigenvalue weighted by molar-refractivity contribution is 0.265. The lowest BCUT2D eigenvalue weighted by atomic mass is 9.33. The van der Waals surface area contributed by atoms with Crippen molar-refractivity contribution in [1.82, 2.24) is 0 Å². The van der Waals surface area contributed by atoms with Gasteiger partial charge in [-0.1, -0.05) is 32.4 Å². The van der Waals surface area contributed by atoms with E-state index in [9.17, 15) is 0 Å². The fourth-order valence-corrected chi connectivity index (χ4v) is 3.77. The highest BCUT2D eigenvalue weighted by atomic mass is 14.6. The summed E-state index contributed by atoms with van der Waals surface area (Å²) in [6.07, 6.45) is 0.977. The van der Waals surface area contributed by atoms with Crippen LogP contribution in [-0.2, 0) is 0 Å². The molecular weight excluding hydrogens is 174 g/mol. The Morgan fingerprint density at radius 3 is 2.07 bits per heavy atom. The molecule has 69 valence electrons. The number of hydrogen-bond donors (Lipinski definition) is 0. The third kappa shape index (κ3) is 1.11. The van der Waals surface area contributed by atoms with Gasteiger partial charge in [-0.3, -0.25) is 0 Å². The van der Waals surface area contributed by atoms with E-state index in [-0.39, 0.29) is 5.92 Å². The van der Waals surface area contributed by atoms with Crippen LogP contribution < -0.4 is 0 Å². The highest BCUT2D eigenvalue weighted by Crippen LogP contribution is 2.87. The van der Waals surface area contributed by atoms with Gasteiger partial charge in [0.15, 0.2) is 0 Å². The van der Waals surface area contributed by atoms with Crippen molar-refractivity contribution in [2.24, 2.45) is 17.8 Å². The molecule has 4 unspecified atom stereocenters. The zero-order valence-corrected chi connectivity index (χ0v) is 9.83. The minimum atomic E-state index is -0.864. The van der Waals surface area contributed by atoms with Crippen LogP contribution in [0.1, 0.15) is 27.2 Å². The van der Waals surface area contributed by atoms with E-state index in [1.807, 2.05) is 7.28 Å². The molecule has 5 heteroatoms. The van der Waals surface area contributed by atoms with Crippen LogP contribution in [0, 0.1) is 17.8 Å². The molecule has 15 heavy (non-hydrogen) atoms. The molecule has 1 aliphatic heterocycles. The zero-order chi connectivity index (χ0) is 11.6. The van der Waals surface area contributed by atoms with Gasteiger partial charge in [-0.05, 0) is 17.8 Å². The molecule has 0 N–H and O–H groups in total. The van der Waals surface area contributed by atoms with Crippen molar-refractivity contribution in [3.8, 4) is 0 Å². The van der Waals surface area contributed by atoms with Crippen LogP contribution in [0.25, 0.3) is 0 Å². The van der Waals surface area contributed by atoms with Crippen molar-refractivity contribution in [2.45, 2.75) is 42.8 Å². The molecule has 0 aromatic heterocycles. The molecule has 0 nitrogen and oxygen atoms in total. The summed E-state index contributed by atoms with van der Waals surface area (Å²) in [6, 6.07) is 0. The van der Waals surface area contributed by atoms with Crippen LogP contribution in [0.3, 0.4) is 0 Å². The summed E-state index contributed by atoms with van der Waals surface area (Å²) in [5, 5.41) is -1.98. The van der Waals surface area contributed by atoms with Gasteiger partial charge in [-0.2, -0.15) is 0 Å². The Morgan fingerprint density at radius 1 is 1.20 bits per heavy atom. The van der Waals surface area contributed by atoms with Gasteiger partial charge in [0.05, 0.1) is 31.4 Å². The second-order valence-corrected chi connectivity index (χ2v) is 5.66. The van der Waals surface area contributed by atoms with Gasteiger partial charge < -0.3 is 0 Å². The lowest BCUT2D eigenvalue weighted by Gasteiger charge is -2.42. The Kier molecular flexibility index (Phi) is 2.33. The van der Waals surface area contributed by atoms with Gasteiger partial charge in [0, 0.05) is 0 Å². The van der Waals surface area contributed by atoms with E-state index in [4.69, 9.17) is 31.4 Å². The fourth-order valence-electron chi connectivity index (χ4n) is 3.77. The van der Waals surface area contributed by atoms with E-state index in [2.05, 4.69) is 20.8 Å². The fraction of sp³-hybridized carbons (Fsp3) is 1.00. The van der Waals surface area contributed by atoms with Crippen molar-refractivity contribution in [1.29, 1.82) is 0 Å². The van der Waals surface area contributed by atoms with Gasteiger partial charge in [-0.15, -0.1) is 10.4 Å². The molecule has 2 rings (SSSR count). The summed E-state index contributed by atoms with van der Waals surface area (Å²) in [5.41, 5.74) is 0. The lowest BCUT2D eigenvalue weighted by Crippen LogP contribution is -2.34. The van der Waals surface area contributed by atoms with E-state index < -0.39 is 15.6 Å². The third-order valence-electron chi connectivity index (χ3n) is 4.57. The molecule has 4 atom stereocenters. The van der Waals surface area contributed by atoms with Crippen LogP contribution in [-0.4, -0.2) is 38.7 Å². The normalized spacial score (nSPS) is 51.2. The van der Waals surface area contributed by atoms with Crippen LogP contribution in [0.2, 0.25) is 15.6 Å². The largest absolute Gasteiger partial charge is 0.109 e. The predicted molar refractivity (Wildman–Crippen MR) is 69.0 cm³/mol. The van der Waals surface area contributed by atoms with Gasteiger partial charge in [0.25, 0.3) is 0 Å². The van der Waals surface area contributed by atoms with E-state index in [0.29, 0.717) is 11.8 Å². The van der Waals surface area contributed by atoms with Crippen LogP contribution >= 0.6 is 0 Å². The summed E-state index contributed by atoms with van der Waals surface area (Å²) < 4.78 is 0. The van der Waals surface area contributed by atoms with E-state index >= 15 is 0 Å². The molecule has 1 heterocycles. The van der Waals surface area contributed by atoms with Crippen molar-refractivity contribution in [3.05, 3.63) is 0 Å². The highest BCUT2D eigenvalue weighted by molar-refractivity contribution is 6.85.